The lowest BCUT2D eigenvalue weighted by Crippen LogP contribution is -2.37. The number of amides is 1. The summed E-state index contributed by atoms with van der Waals surface area (Å²) in [6.45, 7) is 13.7. The zero-order chi connectivity index (χ0) is 18.8. The van der Waals surface area contributed by atoms with E-state index in [1.54, 1.807) is 0 Å². The van der Waals surface area contributed by atoms with Crippen molar-refractivity contribution < 1.29 is 9.53 Å². The topological polar surface area (TPSA) is 29.5 Å². The molecule has 3 rings (SSSR count). The second-order valence-corrected chi connectivity index (χ2v) is 7.16. The maximum atomic E-state index is 12.8. The Morgan fingerprint density at radius 1 is 1.19 bits per heavy atom. The molecule has 1 aromatic carbocycles. The molecule has 0 spiro atoms. The number of nitrogens with zero attached hydrogens (tertiary/aromatic N) is 1. The first-order valence-corrected chi connectivity index (χ1v) is 9.17. The predicted molar refractivity (Wildman–Crippen MR) is 106 cm³/mol. The van der Waals surface area contributed by atoms with Gasteiger partial charge >= 0.3 is 0 Å². The van der Waals surface area contributed by atoms with Crippen LogP contribution in [0.15, 0.2) is 54.0 Å². The fourth-order valence-corrected chi connectivity index (χ4v) is 3.59. The van der Waals surface area contributed by atoms with Gasteiger partial charge in [0.2, 0.25) is 0 Å². The van der Waals surface area contributed by atoms with Crippen molar-refractivity contribution in [3.63, 3.8) is 0 Å². The van der Waals surface area contributed by atoms with Crippen molar-refractivity contribution in [2.75, 3.05) is 6.54 Å². The fraction of sp³-hybridized carbons (Fsp3) is 0.348. The van der Waals surface area contributed by atoms with Crippen molar-refractivity contribution in [3.8, 4) is 0 Å². The molecule has 0 saturated carbocycles. The molecule has 0 saturated heterocycles. The molecule has 1 heterocycles. The number of aryl methyl sites for hydroxylation is 1. The van der Waals surface area contributed by atoms with Gasteiger partial charge in [-0.3, -0.25) is 4.79 Å². The molecule has 0 radical (unpaired) electrons. The van der Waals surface area contributed by atoms with E-state index in [0.29, 0.717) is 18.8 Å². The summed E-state index contributed by atoms with van der Waals surface area (Å²) in [6.07, 6.45) is 9.72. The number of hydrogen-bond acceptors (Lipinski definition) is 2. The molecule has 0 N–H and O–H groups in total. The minimum absolute atomic E-state index is 0.131. The van der Waals surface area contributed by atoms with E-state index in [-0.39, 0.29) is 11.7 Å². The summed E-state index contributed by atoms with van der Waals surface area (Å²) in [5.74, 6) is 0.744. The van der Waals surface area contributed by atoms with Gasteiger partial charge in [-0.2, -0.15) is 0 Å². The van der Waals surface area contributed by atoms with Gasteiger partial charge in [-0.1, -0.05) is 30.9 Å². The molecule has 0 atom stereocenters. The van der Waals surface area contributed by atoms with Crippen molar-refractivity contribution >= 4 is 5.91 Å². The Morgan fingerprint density at radius 3 is 2.73 bits per heavy atom. The van der Waals surface area contributed by atoms with Gasteiger partial charge in [0.1, 0.15) is 5.76 Å². The van der Waals surface area contributed by atoms with Crippen molar-refractivity contribution in [2.45, 2.75) is 47.1 Å². The summed E-state index contributed by atoms with van der Waals surface area (Å²) < 4.78 is 5.81. The van der Waals surface area contributed by atoms with Gasteiger partial charge in [-0.15, -0.1) is 0 Å². The lowest BCUT2D eigenvalue weighted by atomic mass is 9.89. The SMILES string of the molecule is C=C(OC1=CC=CCC=C1C)C(=O)N1CCc2c(cc(C)c(C)c2C)C1. The molecule has 1 aliphatic carbocycles. The van der Waals surface area contributed by atoms with Crippen LogP contribution in [0.25, 0.3) is 0 Å². The number of carbonyl (C=O) groups excluding carboxylic acids is 1. The first-order valence-electron chi connectivity index (χ1n) is 9.17. The number of fused-ring (bicyclic) bond motifs is 1. The summed E-state index contributed by atoms with van der Waals surface area (Å²) >= 11 is 0. The molecular formula is C23H27NO2. The number of carbonyl (C=O) groups is 1. The predicted octanol–water partition coefficient (Wildman–Crippen LogP) is 4.82. The van der Waals surface area contributed by atoms with Crippen LogP contribution >= 0.6 is 0 Å². The number of benzene rings is 1. The van der Waals surface area contributed by atoms with Crippen LogP contribution in [0.5, 0.6) is 0 Å². The van der Waals surface area contributed by atoms with Crippen LogP contribution in [0.2, 0.25) is 0 Å². The lowest BCUT2D eigenvalue weighted by molar-refractivity contribution is -0.131. The van der Waals surface area contributed by atoms with Crippen molar-refractivity contribution in [1.82, 2.24) is 4.90 Å². The molecule has 26 heavy (non-hydrogen) atoms. The molecule has 136 valence electrons. The van der Waals surface area contributed by atoms with Gasteiger partial charge in [-0.05, 0) is 80.0 Å². The Hall–Kier alpha value is -2.55. The molecule has 3 nitrogen and oxygen atoms in total. The van der Waals surface area contributed by atoms with Crippen molar-refractivity contribution in [3.05, 3.63) is 81.9 Å². The minimum Gasteiger partial charge on any atom is -0.452 e. The molecule has 0 bridgehead atoms. The highest BCUT2D eigenvalue weighted by molar-refractivity contribution is 5.91. The first kappa shape index (κ1) is 18.2. The maximum Gasteiger partial charge on any atom is 0.289 e. The highest BCUT2D eigenvalue weighted by Crippen LogP contribution is 2.28. The Labute approximate surface area is 156 Å². The van der Waals surface area contributed by atoms with E-state index in [9.17, 15) is 4.79 Å². The maximum absolute atomic E-state index is 12.8. The van der Waals surface area contributed by atoms with Gasteiger partial charge in [0, 0.05) is 13.1 Å². The van der Waals surface area contributed by atoms with E-state index in [0.717, 1.165) is 18.4 Å². The normalized spacial score (nSPS) is 16.4. The van der Waals surface area contributed by atoms with Gasteiger partial charge in [0.05, 0.1) is 0 Å². The smallest absolute Gasteiger partial charge is 0.289 e. The number of rotatable bonds is 3. The van der Waals surface area contributed by atoms with Crippen LogP contribution in [-0.4, -0.2) is 17.4 Å². The molecule has 2 aliphatic rings. The summed E-state index contributed by atoms with van der Waals surface area (Å²) in [5, 5.41) is 0. The van der Waals surface area contributed by atoms with Crippen LogP contribution in [0.1, 0.15) is 41.2 Å². The van der Waals surface area contributed by atoms with Gasteiger partial charge in [0.25, 0.3) is 5.91 Å². The highest BCUT2D eigenvalue weighted by atomic mass is 16.5. The molecule has 0 fully saturated rings. The molecule has 1 amide bonds. The molecule has 1 aliphatic heterocycles. The molecule has 0 aromatic heterocycles. The van der Waals surface area contributed by atoms with E-state index >= 15 is 0 Å². The van der Waals surface area contributed by atoms with Gasteiger partial charge in [0.15, 0.2) is 5.76 Å². The number of ether oxygens (including phenoxy) is 1. The van der Waals surface area contributed by atoms with Crippen LogP contribution in [-0.2, 0) is 22.5 Å². The largest absolute Gasteiger partial charge is 0.452 e. The molecule has 1 aromatic rings. The average molecular weight is 349 g/mol. The first-order chi connectivity index (χ1) is 12.4. The Morgan fingerprint density at radius 2 is 1.96 bits per heavy atom. The average Bonchev–Trinajstić information content (AvgIpc) is 2.83. The van der Waals surface area contributed by atoms with Crippen LogP contribution in [0.4, 0.5) is 0 Å². The Balaban J connectivity index is 1.74. The Bertz CT molecular complexity index is 855. The summed E-state index contributed by atoms with van der Waals surface area (Å²) in [5.41, 5.74) is 7.64. The van der Waals surface area contributed by atoms with Crippen molar-refractivity contribution in [2.24, 2.45) is 0 Å². The third-order valence-corrected chi connectivity index (χ3v) is 5.47. The molecule has 3 heteroatoms. The van der Waals surface area contributed by atoms with E-state index < -0.39 is 0 Å². The van der Waals surface area contributed by atoms with Crippen LogP contribution in [0.3, 0.4) is 0 Å². The van der Waals surface area contributed by atoms with Crippen molar-refractivity contribution in [1.29, 1.82) is 0 Å². The fourth-order valence-electron chi connectivity index (χ4n) is 3.59. The second-order valence-electron chi connectivity index (χ2n) is 7.16. The van der Waals surface area contributed by atoms with Gasteiger partial charge in [-0.25, -0.2) is 0 Å². The zero-order valence-electron chi connectivity index (χ0n) is 16.2. The van der Waals surface area contributed by atoms with E-state index in [1.165, 1.54) is 27.8 Å². The highest BCUT2D eigenvalue weighted by Gasteiger charge is 2.25. The van der Waals surface area contributed by atoms with E-state index in [4.69, 9.17) is 4.74 Å². The van der Waals surface area contributed by atoms with E-state index in [1.807, 2.05) is 24.0 Å². The summed E-state index contributed by atoms with van der Waals surface area (Å²) in [4.78, 5) is 14.7. The second kappa shape index (κ2) is 7.36. The lowest BCUT2D eigenvalue weighted by Gasteiger charge is -2.31. The summed E-state index contributed by atoms with van der Waals surface area (Å²) in [7, 11) is 0. The molecular weight excluding hydrogens is 322 g/mol. The zero-order valence-corrected chi connectivity index (χ0v) is 16.2. The van der Waals surface area contributed by atoms with Gasteiger partial charge < -0.3 is 9.64 Å². The summed E-state index contributed by atoms with van der Waals surface area (Å²) in [6, 6.07) is 2.21. The number of hydrogen-bond donors (Lipinski definition) is 0. The third-order valence-electron chi connectivity index (χ3n) is 5.47. The molecule has 0 unspecified atom stereocenters. The van der Waals surface area contributed by atoms with E-state index in [2.05, 4.69) is 45.6 Å². The monoisotopic (exact) mass is 349 g/mol. The Kier molecular flexibility index (Phi) is 5.17. The van der Waals surface area contributed by atoms with Crippen LogP contribution < -0.4 is 0 Å². The standard InChI is InChI=1S/C23H27NO2/c1-15-9-7-6-8-10-22(15)26-19(5)23(25)24-12-11-21-18(4)17(3)16(2)13-20(21)14-24/h6,8-10,13H,5,7,11-12,14H2,1-4H3. The minimum atomic E-state index is -0.131. The quantitative estimate of drug-likeness (QED) is 0.578. The van der Waals surface area contributed by atoms with Crippen LogP contribution in [0, 0.1) is 20.8 Å². The third kappa shape index (κ3) is 3.52. The number of allylic oxidation sites excluding steroid dienone is 5.